The number of nitrogens with zero attached hydrogens (tertiary/aromatic N) is 1. The Morgan fingerprint density at radius 1 is 1.18 bits per heavy atom. The molecule has 3 rings (SSSR count). The van der Waals surface area contributed by atoms with Crippen LogP contribution < -0.4 is 0 Å². The lowest BCUT2D eigenvalue weighted by atomic mass is 10.0. The van der Waals surface area contributed by atoms with E-state index < -0.39 is 17.1 Å². The van der Waals surface area contributed by atoms with Crippen molar-refractivity contribution in [3.63, 3.8) is 0 Å². The molecule has 0 unspecified atom stereocenters. The molecule has 2 heterocycles. The number of allylic oxidation sites excluding steroid dienone is 2. The Hall–Kier alpha value is -3.43. The molecule has 1 saturated heterocycles. The van der Waals surface area contributed by atoms with E-state index in [0.717, 1.165) is 34.4 Å². The molecule has 1 aliphatic heterocycles. The number of ether oxygens (including phenoxy) is 1. The highest BCUT2D eigenvalue weighted by molar-refractivity contribution is 8.18. The lowest BCUT2D eigenvalue weighted by Gasteiger charge is -2.06. The zero-order valence-electron chi connectivity index (χ0n) is 19.9. The van der Waals surface area contributed by atoms with Crippen LogP contribution in [0.25, 0.3) is 17.4 Å². The van der Waals surface area contributed by atoms with Crippen LogP contribution in [0.5, 0.6) is 0 Å². The number of hydrogen-bond donors (Lipinski definition) is 1. The van der Waals surface area contributed by atoms with Crippen LogP contribution in [-0.4, -0.2) is 53.7 Å². The molecule has 0 radical (unpaired) electrons. The van der Waals surface area contributed by atoms with Gasteiger partial charge in [-0.15, -0.1) is 0 Å². The first-order valence-corrected chi connectivity index (χ1v) is 11.2. The van der Waals surface area contributed by atoms with Gasteiger partial charge in [-0.05, 0) is 69.3 Å². The Labute approximate surface area is 203 Å². The highest BCUT2D eigenvalue weighted by Crippen LogP contribution is 2.33. The van der Waals surface area contributed by atoms with Crippen LogP contribution in [0.15, 0.2) is 51.8 Å². The number of carboxylic acid groups (broad SMARTS) is 1. The molecule has 1 aromatic carbocycles. The maximum atomic E-state index is 12.1. The van der Waals surface area contributed by atoms with Gasteiger partial charge in [0.2, 0.25) is 0 Å². The molecule has 0 aliphatic carbocycles. The van der Waals surface area contributed by atoms with Crippen molar-refractivity contribution in [3.05, 3.63) is 64.3 Å². The van der Waals surface area contributed by atoms with Crippen molar-refractivity contribution >= 4 is 41.2 Å². The largest absolute Gasteiger partial charge is 0.478 e. The number of furan rings is 1. The number of hydrogen-bond acceptors (Lipinski definition) is 7. The predicted octanol–water partition coefficient (Wildman–Crippen LogP) is 5.42. The normalized spacial score (nSPS) is 14.0. The van der Waals surface area contributed by atoms with Crippen molar-refractivity contribution in [3.8, 4) is 11.3 Å². The van der Waals surface area contributed by atoms with Crippen molar-refractivity contribution in [2.45, 2.75) is 27.7 Å². The fourth-order valence-corrected chi connectivity index (χ4v) is 3.34. The molecular formula is C25H29NO7S. The zero-order chi connectivity index (χ0) is 25.7. The Morgan fingerprint density at radius 2 is 1.82 bits per heavy atom. The molecule has 9 heteroatoms. The first-order valence-electron chi connectivity index (χ1n) is 10.4. The average Bonchev–Trinajstić information content (AvgIpc) is 3.39. The average molecular weight is 488 g/mol. The molecule has 1 aliphatic rings. The minimum atomic E-state index is -1.01. The van der Waals surface area contributed by atoms with Gasteiger partial charge in [0.15, 0.2) is 0 Å². The van der Waals surface area contributed by atoms with Crippen molar-refractivity contribution in [2.24, 2.45) is 0 Å². The molecule has 1 aromatic heterocycles. The molecule has 34 heavy (non-hydrogen) atoms. The van der Waals surface area contributed by atoms with Gasteiger partial charge in [-0.2, -0.15) is 0 Å². The first-order chi connectivity index (χ1) is 16.2. The Morgan fingerprint density at radius 3 is 2.32 bits per heavy atom. The van der Waals surface area contributed by atoms with Gasteiger partial charge in [0.05, 0.1) is 17.0 Å². The number of methoxy groups -OCH3 is 1. The molecule has 1 fully saturated rings. The maximum absolute atomic E-state index is 12.1. The second-order valence-electron chi connectivity index (χ2n) is 6.74. The molecule has 0 saturated carbocycles. The summed E-state index contributed by atoms with van der Waals surface area (Å²) in [4.78, 5) is 46.4. The highest BCUT2D eigenvalue weighted by atomic mass is 32.2. The minimum absolute atomic E-state index is 0.177. The minimum Gasteiger partial charge on any atom is -0.478 e. The maximum Gasteiger partial charge on any atom is 0.335 e. The van der Waals surface area contributed by atoms with Crippen molar-refractivity contribution in [1.29, 1.82) is 0 Å². The highest BCUT2D eigenvalue weighted by Gasteiger charge is 2.34. The van der Waals surface area contributed by atoms with E-state index in [4.69, 9.17) is 9.52 Å². The van der Waals surface area contributed by atoms with Gasteiger partial charge in [0.25, 0.3) is 11.1 Å². The number of aryl methyl sites for hydroxylation is 1. The molecule has 2 amide bonds. The van der Waals surface area contributed by atoms with Crippen LogP contribution >= 0.6 is 11.8 Å². The van der Waals surface area contributed by atoms with Crippen LogP contribution in [0, 0.1) is 6.92 Å². The van der Waals surface area contributed by atoms with Crippen molar-refractivity contribution in [1.82, 2.24) is 4.90 Å². The molecule has 1 N–H and O–H groups in total. The molecule has 0 spiro atoms. The fraction of sp³-hybridized carbons (Fsp3) is 0.280. The number of aromatic carboxylic acids is 1. The molecule has 8 nitrogen and oxygen atoms in total. The molecular weight excluding hydrogens is 458 g/mol. The number of amides is 2. The van der Waals surface area contributed by atoms with Gasteiger partial charge >= 0.3 is 5.97 Å². The standard InChI is InChI=1S/C18H13NO6S.C4H8.C3H8O/c1-10-8-11(17(22)23)2-4-13(10)14-5-3-12(25-14)9-15-16(21)19(6-7-20)18(24)26-15;2*1-3-4-2/h2-5,7-9H,6H2,1H3,(H,22,23);3-4H,1-2H3;3H2,1-2H3/b15-9-;4-3-;. The Bertz CT molecular complexity index is 1060. The van der Waals surface area contributed by atoms with Gasteiger partial charge in [-0.25, -0.2) is 4.79 Å². The van der Waals surface area contributed by atoms with E-state index in [9.17, 15) is 19.2 Å². The summed E-state index contributed by atoms with van der Waals surface area (Å²) in [6, 6.07) is 8.03. The van der Waals surface area contributed by atoms with Gasteiger partial charge in [-0.1, -0.05) is 18.2 Å². The number of carbonyl (C=O) groups is 4. The number of benzene rings is 1. The number of imide groups is 1. The fourth-order valence-electron chi connectivity index (χ4n) is 2.51. The first kappa shape index (κ1) is 28.6. The van der Waals surface area contributed by atoms with Crippen LogP contribution in [0.3, 0.4) is 0 Å². The molecule has 0 bridgehead atoms. The number of carboxylic acids is 1. The third kappa shape index (κ3) is 8.17. The molecule has 0 atom stereocenters. The van der Waals surface area contributed by atoms with Crippen LogP contribution in [0.2, 0.25) is 0 Å². The molecule has 2 aromatic rings. The predicted molar refractivity (Wildman–Crippen MR) is 133 cm³/mol. The summed E-state index contributed by atoms with van der Waals surface area (Å²) < 4.78 is 10.2. The SMILES string of the molecule is C/C=C\C.CCOC.Cc1cc(C(=O)O)ccc1-c1ccc(/C=C2\SC(=O)N(CC=O)C2=O)o1. The summed E-state index contributed by atoms with van der Waals surface area (Å²) in [7, 11) is 1.68. The third-order valence-electron chi connectivity index (χ3n) is 4.39. The van der Waals surface area contributed by atoms with E-state index in [1.165, 1.54) is 12.1 Å². The number of aldehydes is 1. The van der Waals surface area contributed by atoms with Crippen molar-refractivity contribution in [2.75, 3.05) is 20.3 Å². The van der Waals surface area contributed by atoms with E-state index in [1.807, 2.05) is 32.9 Å². The number of rotatable bonds is 6. The Balaban J connectivity index is 0.000000629. The quantitative estimate of drug-likeness (QED) is 0.326. The summed E-state index contributed by atoms with van der Waals surface area (Å²) in [5.74, 6) is -0.658. The Kier molecular flexibility index (Phi) is 12.3. The smallest absolute Gasteiger partial charge is 0.335 e. The lowest BCUT2D eigenvalue weighted by Crippen LogP contribution is -2.29. The van der Waals surface area contributed by atoms with E-state index in [-0.39, 0.29) is 17.0 Å². The van der Waals surface area contributed by atoms with E-state index in [2.05, 4.69) is 4.74 Å². The summed E-state index contributed by atoms with van der Waals surface area (Å²) in [5, 5.41) is 8.52. The van der Waals surface area contributed by atoms with E-state index in [0.29, 0.717) is 17.8 Å². The van der Waals surface area contributed by atoms with Crippen molar-refractivity contribution < 1.29 is 33.4 Å². The van der Waals surface area contributed by atoms with E-state index in [1.54, 1.807) is 38.3 Å². The van der Waals surface area contributed by atoms with Crippen LogP contribution in [0.1, 0.15) is 42.5 Å². The van der Waals surface area contributed by atoms with Gasteiger partial charge in [0, 0.05) is 25.4 Å². The topological polar surface area (TPSA) is 114 Å². The third-order valence-corrected chi connectivity index (χ3v) is 5.30. The van der Waals surface area contributed by atoms with Gasteiger partial charge in [0.1, 0.15) is 17.8 Å². The lowest BCUT2D eigenvalue weighted by molar-refractivity contribution is -0.125. The number of thioether (sulfide) groups is 1. The van der Waals surface area contributed by atoms with Crippen LogP contribution in [0.4, 0.5) is 4.79 Å². The summed E-state index contributed by atoms with van der Waals surface area (Å²) in [5.41, 5.74) is 1.64. The summed E-state index contributed by atoms with van der Waals surface area (Å²) in [6.45, 7) is 8.27. The van der Waals surface area contributed by atoms with Gasteiger partial charge < -0.3 is 19.1 Å². The second-order valence-corrected chi connectivity index (χ2v) is 7.73. The van der Waals surface area contributed by atoms with E-state index >= 15 is 0 Å². The number of carbonyl (C=O) groups excluding carboxylic acids is 3. The van der Waals surface area contributed by atoms with Gasteiger partial charge in [-0.3, -0.25) is 14.5 Å². The summed E-state index contributed by atoms with van der Waals surface area (Å²) >= 11 is 0.744. The second kappa shape index (κ2) is 14.7. The monoisotopic (exact) mass is 487 g/mol. The summed E-state index contributed by atoms with van der Waals surface area (Å²) in [6.07, 6.45) is 5.94. The molecule has 182 valence electrons. The van der Waals surface area contributed by atoms with Crippen LogP contribution in [-0.2, 0) is 14.3 Å². The zero-order valence-corrected chi connectivity index (χ0v) is 20.7.